The maximum absolute atomic E-state index is 13.6. The fourth-order valence-corrected chi connectivity index (χ4v) is 5.45. The van der Waals surface area contributed by atoms with Crippen LogP contribution in [-0.2, 0) is 9.59 Å². The van der Waals surface area contributed by atoms with Crippen molar-refractivity contribution in [1.29, 1.82) is 0 Å². The molecule has 1 unspecified atom stereocenters. The van der Waals surface area contributed by atoms with Crippen LogP contribution in [0.2, 0.25) is 0 Å². The van der Waals surface area contributed by atoms with Gasteiger partial charge in [-0.1, -0.05) is 51.8 Å². The molecule has 3 aromatic rings. The van der Waals surface area contributed by atoms with E-state index in [0.29, 0.717) is 42.4 Å². The van der Waals surface area contributed by atoms with Crippen LogP contribution in [0.5, 0.6) is 5.75 Å². The van der Waals surface area contributed by atoms with Crippen molar-refractivity contribution in [2.24, 2.45) is 0 Å². The van der Waals surface area contributed by atoms with Gasteiger partial charge in [0.15, 0.2) is 5.76 Å². The molecule has 4 rings (SSSR count). The van der Waals surface area contributed by atoms with Gasteiger partial charge in [-0.05, 0) is 75.6 Å². The largest absolute Gasteiger partial charge is 0.505 e. The lowest BCUT2D eigenvalue weighted by Gasteiger charge is -2.27. The highest BCUT2D eigenvalue weighted by Crippen LogP contribution is 2.40. The number of pyridine rings is 1. The summed E-state index contributed by atoms with van der Waals surface area (Å²) >= 11 is 0. The summed E-state index contributed by atoms with van der Waals surface area (Å²) in [4.78, 5) is 35.6. The first-order valence-electron chi connectivity index (χ1n) is 14.5. The van der Waals surface area contributed by atoms with Crippen LogP contribution in [-0.4, -0.2) is 68.8 Å². The standard InChI is InChI=1S/C32H42N4O4/c1-6-9-10-20-40-25-16-11-15-24(21-25)28-26(30(38)32(39)36(28)19-13-17-34(7-2)8-3)29(37)27-23(5)35-18-12-14-22(4)31(35)33-27/h11-12,14-16,18,21,28,37H,6-10,13,17,19-20H2,1-5H3. The van der Waals surface area contributed by atoms with E-state index in [1.807, 2.05) is 60.8 Å². The number of aromatic nitrogens is 2. The van der Waals surface area contributed by atoms with Gasteiger partial charge in [0.25, 0.3) is 11.7 Å². The van der Waals surface area contributed by atoms with Gasteiger partial charge in [0, 0.05) is 12.7 Å². The van der Waals surface area contributed by atoms with Crippen molar-refractivity contribution in [3.05, 3.63) is 70.7 Å². The highest BCUT2D eigenvalue weighted by atomic mass is 16.5. The van der Waals surface area contributed by atoms with Gasteiger partial charge < -0.3 is 24.0 Å². The number of ketones is 1. The van der Waals surface area contributed by atoms with Gasteiger partial charge >= 0.3 is 0 Å². The molecule has 214 valence electrons. The number of carbonyl (C=O) groups is 2. The molecule has 40 heavy (non-hydrogen) atoms. The lowest BCUT2D eigenvalue weighted by Crippen LogP contribution is -2.33. The van der Waals surface area contributed by atoms with Crippen molar-refractivity contribution >= 4 is 23.1 Å². The Morgan fingerprint density at radius 2 is 1.82 bits per heavy atom. The zero-order valence-electron chi connectivity index (χ0n) is 24.4. The minimum atomic E-state index is -0.735. The molecule has 1 atom stereocenters. The third-order valence-corrected chi connectivity index (χ3v) is 7.81. The van der Waals surface area contributed by atoms with Gasteiger partial charge in [-0.2, -0.15) is 0 Å². The minimum absolute atomic E-state index is 0.0696. The third kappa shape index (κ3) is 5.92. The Bertz CT molecular complexity index is 1390. The summed E-state index contributed by atoms with van der Waals surface area (Å²) in [6, 6.07) is 10.7. The molecule has 0 saturated carbocycles. The molecule has 8 heteroatoms. The van der Waals surface area contributed by atoms with Crippen LogP contribution in [0, 0.1) is 13.8 Å². The van der Waals surface area contributed by atoms with Crippen molar-refractivity contribution in [3.8, 4) is 5.75 Å². The molecule has 1 N–H and O–H groups in total. The average molecular weight is 547 g/mol. The average Bonchev–Trinajstić information content (AvgIpc) is 3.43. The van der Waals surface area contributed by atoms with Crippen LogP contribution in [0.1, 0.15) is 75.0 Å². The third-order valence-electron chi connectivity index (χ3n) is 7.81. The van der Waals surface area contributed by atoms with Crippen LogP contribution in [0.15, 0.2) is 48.2 Å². The van der Waals surface area contributed by atoms with E-state index in [0.717, 1.165) is 50.0 Å². The number of benzene rings is 1. The first-order chi connectivity index (χ1) is 19.3. The summed E-state index contributed by atoms with van der Waals surface area (Å²) in [5.41, 5.74) is 3.47. The highest BCUT2D eigenvalue weighted by Gasteiger charge is 2.46. The summed E-state index contributed by atoms with van der Waals surface area (Å²) in [7, 11) is 0. The lowest BCUT2D eigenvalue weighted by molar-refractivity contribution is -0.140. The number of hydrogen-bond donors (Lipinski definition) is 1. The molecular weight excluding hydrogens is 504 g/mol. The molecule has 0 spiro atoms. The van der Waals surface area contributed by atoms with Gasteiger partial charge in [-0.25, -0.2) is 4.98 Å². The summed E-state index contributed by atoms with van der Waals surface area (Å²) in [5, 5.41) is 11.7. The first kappa shape index (κ1) is 29.3. The number of unbranched alkanes of at least 4 members (excludes halogenated alkanes) is 2. The summed E-state index contributed by atoms with van der Waals surface area (Å²) in [5.74, 6) is -0.850. The predicted octanol–water partition coefficient (Wildman–Crippen LogP) is 5.67. The van der Waals surface area contributed by atoms with Crippen LogP contribution in [0.3, 0.4) is 0 Å². The number of nitrogens with zero attached hydrogens (tertiary/aromatic N) is 4. The minimum Gasteiger partial charge on any atom is -0.505 e. The van der Waals surface area contributed by atoms with E-state index in [1.54, 1.807) is 4.90 Å². The second-order valence-corrected chi connectivity index (χ2v) is 10.4. The summed E-state index contributed by atoms with van der Waals surface area (Å²) in [6.45, 7) is 13.8. The van der Waals surface area contributed by atoms with Crippen LogP contribution in [0.4, 0.5) is 0 Å². The molecule has 1 amide bonds. The highest BCUT2D eigenvalue weighted by molar-refractivity contribution is 6.46. The molecular formula is C32H42N4O4. The fraction of sp³-hybridized carbons (Fsp3) is 0.469. The van der Waals surface area contributed by atoms with E-state index in [1.165, 1.54) is 0 Å². The van der Waals surface area contributed by atoms with Gasteiger partial charge in [-0.3, -0.25) is 9.59 Å². The van der Waals surface area contributed by atoms with Crippen molar-refractivity contribution in [3.63, 3.8) is 0 Å². The molecule has 2 aromatic heterocycles. The van der Waals surface area contributed by atoms with Crippen LogP contribution < -0.4 is 4.74 Å². The Hall–Kier alpha value is -3.65. The monoisotopic (exact) mass is 546 g/mol. The first-order valence-corrected chi connectivity index (χ1v) is 14.5. The Morgan fingerprint density at radius 3 is 2.52 bits per heavy atom. The zero-order valence-corrected chi connectivity index (χ0v) is 24.4. The van der Waals surface area contributed by atoms with Crippen molar-refractivity contribution < 1.29 is 19.4 Å². The number of rotatable bonds is 13. The second kappa shape index (κ2) is 13.1. The predicted molar refractivity (Wildman–Crippen MR) is 158 cm³/mol. The molecule has 1 aliphatic rings. The number of carbonyl (C=O) groups excluding carboxylic acids is 2. The molecule has 0 radical (unpaired) electrons. The van der Waals surface area contributed by atoms with Gasteiger partial charge in [-0.15, -0.1) is 0 Å². The van der Waals surface area contributed by atoms with Crippen molar-refractivity contribution in [2.75, 3.05) is 32.8 Å². The molecule has 1 saturated heterocycles. The Morgan fingerprint density at radius 1 is 1.05 bits per heavy atom. The number of fused-ring (bicyclic) bond motifs is 1. The fourth-order valence-electron chi connectivity index (χ4n) is 5.45. The summed E-state index contributed by atoms with van der Waals surface area (Å²) < 4.78 is 7.90. The Kier molecular flexibility index (Phi) is 9.63. The smallest absolute Gasteiger partial charge is 0.295 e. The lowest BCUT2D eigenvalue weighted by atomic mass is 9.96. The van der Waals surface area contributed by atoms with Crippen LogP contribution in [0.25, 0.3) is 11.4 Å². The van der Waals surface area contributed by atoms with E-state index < -0.39 is 17.7 Å². The molecule has 3 heterocycles. The van der Waals surface area contributed by atoms with Gasteiger partial charge in [0.2, 0.25) is 0 Å². The number of Topliss-reactive ketones (excluding diaryl/α,β-unsaturated/α-hetero) is 1. The van der Waals surface area contributed by atoms with Crippen LogP contribution >= 0.6 is 0 Å². The number of aliphatic hydroxyl groups is 1. The van der Waals surface area contributed by atoms with Crippen molar-refractivity contribution in [2.45, 2.75) is 66.3 Å². The van der Waals surface area contributed by atoms with Gasteiger partial charge in [0.05, 0.1) is 23.9 Å². The topological polar surface area (TPSA) is 87.4 Å². The number of amides is 1. The van der Waals surface area contributed by atoms with E-state index in [-0.39, 0.29) is 11.3 Å². The Balaban J connectivity index is 1.77. The molecule has 1 fully saturated rings. The number of aryl methyl sites for hydroxylation is 2. The van der Waals surface area contributed by atoms with E-state index >= 15 is 0 Å². The van der Waals surface area contributed by atoms with E-state index in [2.05, 4.69) is 25.7 Å². The molecule has 1 aliphatic heterocycles. The SMILES string of the molecule is CCCCCOc1cccc(C2C(=C(O)c3nc4c(C)cccn4c3C)C(=O)C(=O)N2CCCN(CC)CC)c1. The Labute approximate surface area is 237 Å². The molecule has 8 nitrogen and oxygen atoms in total. The van der Waals surface area contributed by atoms with Gasteiger partial charge in [0.1, 0.15) is 17.1 Å². The molecule has 1 aromatic carbocycles. The maximum Gasteiger partial charge on any atom is 0.295 e. The number of hydrogen-bond acceptors (Lipinski definition) is 6. The molecule has 0 bridgehead atoms. The van der Waals surface area contributed by atoms with E-state index in [9.17, 15) is 14.7 Å². The summed E-state index contributed by atoms with van der Waals surface area (Å²) in [6.07, 6.45) is 5.74. The van der Waals surface area contributed by atoms with Crippen molar-refractivity contribution in [1.82, 2.24) is 19.2 Å². The van der Waals surface area contributed by atoms with E-state index in [4.69, 9.17) is 9.72 Å². The number of imidazole rings is 1. The quantitative estimate of drug-likeness (QED) is 0.129. The normalized spacial score (nSPS) is 16.9. The number of likely N-dealkylation sites (tertiary alicyclic amines) is 1. The number of aliphatic hydroxyl groups excluding tert-OH is 1. The zero-order chi connectivity index (χ0) is 28.8. The number of ether oxygens (including phenoxy) is 1. The second-order valence-electron chi connectivity index (χ2n) is 10.4. The molecule has 0 aliphatic carbocycles. The maximum atomic E-state index is 13.6.